The molecule has 0 saturated heterocycles. The Bertz CT molecular complexity index is 1720. The maximum atomic E-state index is 13.5. The van der Waals surface area contributed by atoms with E-state index in [4.69, 9.17) is 9.40 Å². The van der Waals surface area contributed by atoms with Crippen molar-refractivity contribution in [1.82, 2.24) is 9.66 Å². The van der Waals surface area contributed by atoms with Crippen LogP contribution in [-0.4, -0.2) is 15.9 Å². The van der Waals surface area contributed by atoms with Crippen LogP contribution < -0.4 is 5.56 Å². The number of rotatable bonds is 5. The molecule has 35 heavy (non-hydrogen) atoms. The highest BCUT2D eigenvalue weighted by molar-refractivity contribution is 7.99. The summed E-state index contributed by atoms with van der Waals surface area (Å²) in [6.07, 6.45) is 1.70. The van der Waals surface area contributed by atoms with Gasteiger partial charge in [-0.05, 0) is 42.5 Å². The van der Waals surface area contributed by atoms with Gasteiger partial charge in [0.05, 0.1) is 17.1 Å². The molecule has 168 valence electrons. The molecular weight excluding hydrogens is 454 g/mol. The van der Waals surface area contributed by atoms with Crippen LogP contribution >= 0.6 is 11.8 Å². The summed E-state index contributed by atoms with van der Waals surface area (Å²) in [7, 11) is 0. The molecule has 6 rings (SSSR count). The Hall–Kier alpha value is -4.42. The molecule has 6 heteroatoms. The first-order valence-corrected chi connectivity index (χ1v) is 11.9. The predicted octanol–water partition coefficient (Wildman–Crippen LogP) is 6.84. The molecule has 0 N–H and O–H groups in total. The smallest absolute Gasteiger partial charge is 0.282 e. The van der Waals surface area contributed by atoms with Crippen molar-refractivity contribution < 1.29 is 4.42 Å². The Balaban J connectivity index is 1.49. The molecule has 0 atom stereocenters. The van der Waals surface area contributed by atoms with E-state index in [0.29, 0.717) is 22.5 Å². The van der Waals surface area contributed by atoms with E-state index in [2.05, 4.69) is 17.2 Å². The van der Waals surface area contributed by atoms with Crippen LogP contribution in [0.1, 0.15) is 5.56 Å². The third-order valence-corrected chi connectivity index (χ3v) is 6.70. The zero-order valence-electron chi connectivity index (χ0n) is 18.5. The molecule has 0 aliphatic carbocycles. The van der Waals surface area contributed by atoms with E-state index in [9.17, 15) is 4.79 Å². The van der Waals surface area contributed by atoms with Gasteiger partial charge in [-0.3, -0.25) is 4.79 Å². The van der Waals surface area contributed by atoms with Crippen LogP contribution in [-0.2, 0) is 0 Å². The fraction of sp³-hybridized carbons (Fsp3) is 0. The largest absolute Gasteiger partial charge is 0.453 e. The van der Waals surface area contributed by atoms with Crippen molar-refractivity contribution in [2.45, 2.75) is 9.79 Å². The van der Waals surface area contributed by atoms with E-state index >= 15 is 0 Å². The fourth-order valence-electron chi connectivity index (χ4n) is 3.90. The molecule has 0 unspecified atom stereocenters. The fourth-order valence-corrected chi connectivity index (χ4v) is 4.83. The second kappa shape index (κ2) is 9.08. The summed E-state index contributed by atoms with van der Waals surface area (Å²) in [5.74, 6) is 0.840. The van der Waals surface area contributed by atoms with Crippen LogP contribution in [0.25, 0.3) is 33.5 Å². The molecule has 0 aliphatic heterocycles. The van der Waals surface area contributed by atoms with Crippen molar-refractivity contribution in [2.24, 2.45) is 5.10 Å². The van der Waals surface area contributed by atoms with Crippen LogP contribution in [0.15, 0.2) is 133 Å². The topological polar surface area (TPSA) is 60.4 Å². The van der Waals surface area contributed by atoms with Crippen molar-refractivity contribution in [3.8, 4) is 11.6 Å². The predicted molar refractivity (Wildman–Crippen MR) is 141 cm³/mol. The lowest BCUT2D eigenvalue weighted by atomic mass is 10.2. The molecule has 0 spiro atoms. The van der Waals surface area contributed by atoms with Gasteiger partial charge in [-0.15, -0.1) is 0 Å². The number of hydrogen-bond acceptors (Lipinski definition) is 5. The van der Waals surface area contributed by atoms with Crippen LogP contribution in [0.5, 0.6) is 0 Å². The lowest BCUT2D eigenvalue weighted by Gasteiger charge is -2.08. The maximum Gasteiger partial charge on any atom is 0.282 e. The number of hydrogen-bond donors (Lipinski definition) is 0. The number of aromatic nitrogens is 2. The summed E-state index contributed by atoms with van der Waals surface area (Å²) in [4.78, 5) is 20.4. The third kappa shape index (κ3) is 4.16. The van der Waals surface area contributed by atoms with Gasteiger partial charge in [0.1, 0.15) is 5.58 Å². The van der Waals surface area contributed by atoms with Gasteiger partial charge in [0.15, 0.2) is 5.76 Å². The zero-order chi connectivity index (χ0) is 23.6. The van der Waals surface area contributed by atoms with E-state index in [0.717, 1.165) is 26.3 Å². The first kappa shape index (κ1) is 21.1. The minimum Gasteiger partial charge on any atom is -0.453 e. The molecule has 0 aliphatic rings. The molecule has 4 aromatic carbocycles. The van der Waals surface area contributed by atoms with Gasteiger partial charge in [0, 0.05) is 20.7 Å². The molecule has 2 aromatic heterocycles. The Morgan fingerprint density at radius 1 is 0.829 bits per heavy atom. The summed E-state index contributed by atoms with van der Waals surface area (Å²) in [5.41, 5.74) is 1.97. The van der Waals surface area contributed by atoms with Gasteiger partial charge >= 0.3 is 0 Å². The second-order valence-electron chi connectivity index (χ2n) is 7.92. The molecule has 5 nitrogen and oxygen atoms in total. The third-order valence-electron chi connectivity index (χ3n) is 5.60. The Morgan fingerprint density at radius 2 is 1.57 bits per heavy atom. The van der Waals surface area contributed by atoms with Crippen molar-refractivity contribution in [2.75, 3.05) is 0 Å². The number of nitrogens with zero attached hydrogens (tertiary/aromatic N) is 3. The van der Waals surface area contributed by atoms with Crippen molar-refractivity contribution in [3.05, 3.63) is 125 Å². The molecular formula is C29H19N3O2S. The zero-order valence-corrected chi connectivity index (χ0v) is 19.4. The molecule has 0 amide bonds. The Morgan fingerprint density at radius 3 is 2.46 bits per heavy atom. The number of benzene rings is 4. The average Bonchev–Trinajstić information content (AvgIpc) is 3.34. The minimum atomic E-state index is -0.254. The van der Waals surface area contributed by atoms with Crippen LogP contribution in [0.2, 0.25) is 0 Å². The number of furan rings is 1. The van der Waals surface area contributed by atoms with E-state index < -0.39 is 0 Å². The molecule has 0 fully saturated rings. The van der Waals surface area contributed by atoms with Crippen molar-refractivity contribution in [1.29, 1.82) is 0 Å². The van der Waals surface area contributed by atoms with Crippen LogP contribution in [0.3, 0.4) is 0 Å². The highest BCUT2D eigenvalue weighted by Crippen LogP contribution is 2.30. The van der Waals surface area contributed by atoms with Crippen molar-refractivity contribution >= 4 is 39.8 Å². The summed E-state index contributed by atoms with van der Waals surface area (Å²) < 4.78 is 7.38. The van der Waals surface area contributed by atoms with E-state index in [1.54, 1.807) is 24.0 Å². The molecule has 6 aromatic rings. The van der Waals surface area contributed by atoms with Crippen LogP contribution in [0.4, 0.5) is 0 Å². The van der Waals surface area contributed by atoms with Gasteiger partial charge in [-0.2, -0.15) is 9.78 Å². The standard InChI is InChI=1S/C29H19N3O2S/c33-29-23-14-6-7-15-24(23)31-28(26-18-20-10-4-8-16-25(20)34-26)32(29)30-19-21-11-5-9-17-27(21)35-22-12-2-1-3-13-22/h1-19H. The van der Waals surface area contributed by atoms with Gasteiger partial charge < -0.3 is 4.42 Å². The number of para-hydroxylation sites is 2. The Kier molecular flexibility index (Phi) is 5.48. The van der Waals surface area contributed by atoms with E-state index in [1.807, 2.05) is 91.0 Å². The molecule has 2 heterocycles. The second-order valence-corrected chi connectivity index (χ2v) is 9.03. The minimum absolute atomic E-state index is 0.254. The van der Waals surface area contributed by atoms with E-state index in [1.165, 1.54) is 4.68 Å². The van der Waals surface area contributed by atoms with Gasteiger partial charge in [-0.25, -0.2) is 4.98 Å². The highest BCUT2D eigenvalue weighted by atomic mass is 32.2. The first-order chi connectivity index (χ1) is 17.3. The summed E-state index contributed by atoms with van der Waals surface area (Å²) in [6.45, 7) is 0. The summed E-state index contributed by atoms with van der Waals surface area (Å²) >= 11 is 1.65. The number of fused-ring (bicyclic) bond motifs is 2. The monoisotopic (exact) mass is 473 g/mol. The first-order valence-electron chi connectivity index (χ1n) is 11.1. The van der Waals surface area contributed by atoms with Gasteiger partial charge in [-0.1, -0.05) is 78.5 Å². The van der Waals surface area contributed by atoms with Gasteiger partial charge in [0.25, 0.3) is 5.56 Å². The van der Waals surface area contributed by atoms with E-state index in [-0.39, 0.29) is 5.56 Å². The average molecular weight is 474 g/mol. The Labute approximate surface area is 205 Å². The molecule has 0 bridgehead atoms. The summed E-state index contributed by atoms with van der Waals surface area (Å²) in [6, 6.07) is 35.0. The normalized spacial score (nSPS) is 11.5. The quantitative estimate of drug-likeness (QED) is 0.257. The molecule has 0 saturated carbocycles. The van der Waals surface area contributed by atoms with Crippen molar-refractivity contribution in [3.63, 3.8) is 0 Å². The lowest BCUT2D eigenvalue weighted by molar-refractivity contribution is 0.616. The lowest BCUT2D eigenvalue weighted by Crippen LogP contribution is -2.20. The highest BCUT2D eigenvalue weighted by Gasteiger charge is 2.16. The SMILES string of the molecule is O=c1c2ccccc2nc(-c2cc3ccccc3o2)n1N=Cc1ccccc1Sc1ccccc1. The summed E-state index contributed by atoms with van der Waals surface area (Å²) in [5, 5.41) is 6.05. The van der Waals surface area contributed by atoms with Crippen LogP contribution in [0, 0.1) is 0 Å². The maximum absolute atomic E-state index is 13.5. The van der Waals surface area contributed by atoms with Gasteiger partial charge in [0.2, 0.25) is 5.82 Å². The molecule has 0 radical (unpaired) electrons.